The van der Waals surface area contributed by atoms with E-state index in [0.29, 0.717) is 48.2 Å². The van der Waals surface area contributed by atoms with E-state index < -0.39 is 0 Å². The Morgan fingerprint density at radius 2 is 2.00 bits per heavy atom. The fourth-order valence-corrected chi connectivity index (χ4v) is 4.67. The molecule has 0 bridgehead atoms. The van der Waals surface area contributed by atoms with Gasteiger partial charge in [-0.3, -0.25) is 4.79 Å². The molecule has 5 heterocycles. The number of carbonyl (C=O) groups excluding carboxylic acids is 1. The van der Waals surface area contributed by atoms with Gasteiger partial charge in [0.1, 0.15) is 36.1 Å². The average molecular weight is 523 g/mol. The second-order valence-corrected chi connectivity index (χ2v) is 9.29. The van der Waals surface area contributed by atoms with Crippen LogP contribution in [0.5, 0.6) is 11.6 Å². The largest absolute Gasteiger partial charge is 0.439 e. The van der Waals surface area contributed by atoms with E-state index in [2.05, 4.69) is 41.8 Å². The smallest absolute Gasteiger partial charge is 0.246 e. The van der Waals surface area contributed by atoms with Crippen molar-refractivity contribution in [3.05, 3.63) is 73.6 Å². The minimum Gasteiger partial charge on any atom is -0.439 e. The number of hydrogen-bond donors (Lipinski definition) is 1. The molecule has 6 rings (SSSR count). The highest BCUT2D eigenvalue weighted by atomic mass is 16.5. The number of nitrogens with one attached hydrogen (secondary N) is 1. The Hall–Kier alpha value is -5.13. The van der Waals surface area contributed by atoms with Crippen LogP contribution in [-0.2, 0) is 4.79 Å². The van der Waals surface area contributed by atoms with Crippen LogP contribution in [0.25, 0.3) is 16.7 Å². The summed E-state index contributed by atoms with van der Waals surface area (Å²) in [5, 5.41) is 7.43. The highest BCUT2D eigenvalue weighted by molar-refractivity contribution is 5.89. The molecule has 1 amide bonds. The fourth-order valence-electron chi connectivity index (χ4n) is 4.67. The zero-order valence-corrected chi connectivity index (χ0v) is 21.5. The number of nitrogens with zero attached hydrogens (tertiary/aromatic N) is 9. The third-order valence-corrected chi connectivity index (χ3v) is 6.68. The monoisotopic (exact) mass is 522 g/mol. The number of piperazine rings is 1. The first-order valence-corrected chi connectivity index (χ1v) is 12.5. The predicted octanol–water partition coefficient (Wildman–Crippen LogP) is 3.53. The van der Waals surface area contributed by atoms with Crippen LogP contribution in [0.4, 0.5) is 17.3 Å². The van der Waals surface area contributed by atoms with Crippen LogP contribution in [0.15, 0.2) is 68.0 Å². The number of rotatable bonds is 6. The molecule has 196 valence electrons. The Morgan fingerprint density at radius 3 is 2.82 bits per heavy atom. The maximum Gasteiger partial charge on any atom is 0.246 e. The molecular weight excluding hydrogens is 496 g/mol. The molecule has 1 aliphatic heterocycles. The lowest BCUT2D eigenvalue weighted by atomic mass is 10.2. The molecule has 0 aliphatic carbocycles. The van der Waals surface area contributed by atoms with E-state index in [-0.39, 0.29) is 11.9 Å². The average Bonchev–Trinajstić information content (AvgIpc) is 3.42. The van der Waals surface area contributed by atoms with Crippen molar-refractivity contribution in [3.8, 4) is 11.6 Å². The second kappa shape index (κ2) is 9.97. The second-order valence-electron chi connectivity index (χ2n) is 9.29. The van der Waals surface area contributed by atoms with Gasteiger partial charge in [-0.1, -0.05) is 6.58 Å². The zero-order valence-electron chi connectivity index (χ0n) is 21.5. The summed E-state index contributed by atoms with van der Waals surface area (Å²) < 4.78 is 7.56. The highest BCUT2D eigenvalue weighted by Crippen LogP contribution is 2.30. The summed E-state index contributed by atoms with van der Waals surface area (Å²) in [4.78, 5) is 38.3. The van der Waals surface area contributed by atoms with Crippen molar-refractivity contribution in [1.29, 1.82) is 0 Å². The van der Waals surface area contributed by atoms with Crippen molar-refractivity contribution < 1.29 is 9.53 Å². The van der Waals surface area contributed by atoms with Crippen LogP contribution < -0.4 is 15.0 Å². The van der Waals surface area contributed by atoms with Gasteiger partial charge >= 0.3 is 0 Å². The highest BCUT2D eigenvalue weighted by Gasteiger charge is 2.27. The lowest BCUT2D eigenvalue weighted by molar-refractivity contribution is -0.128. The molecule has 1 fully saturated rings. The van der Waals surface area contributed by atoms with Crippen LogP contribution in [0.3, 0.4) is 0 Å². The molecule has 1 N–H and O–H groups in total. The van der Waals surface area contributed by atoms with Crippen molar-refractivity contribution >= 4 is 39.9 Å². The Kier molecular flexibility index (Phi) is 6.19. The molecule has 4 aromatic heterocycles. The first-order valence-electron chi connectivity index (χ1n) is 12.5. The number of aryl methyl sites for hydroxylation is 1. The summed E-state index contributed by atoms with van der Waals surface area (Å²) >= 11 is 0. The minimum absolute atomic E-state index is 0.0450. The van der Waals surface area contributed by atoms with Crippen LogP contribution >= 0.6 is 0 Å². The van der Waals surface area contributed by atoms with E-state index in [1.165, 1.54) is 18.7 Å². The van der Waals surface area contributed by atoms with Crippen molar-refractivity contribution in [1.82, 2.24) is 39.4 Å². The molecule has 39 heavy (non-hydrogen) atoms. The quantitative estimate of drug-likeness (QED) is 0.331. The molecule has 12 nitrogen and oxygen atoms in total. The molecule has 0 radical (unpaired) electrons. The molecule has 5 aromatic rings. The molecule has 1 aliphatic rings. The van der Waals surface area contributed by atoms with Gasteiger partial charge in [-0.05, 0) is 55.8 Å². The maximum absolute atomic E-state index is 12.1. The lowest BCUT2D eigenvalue weighted by Gasteiger charge is -2.40. The molecule has 1 atom stereocenters. The lowest BCUT2D eigenvalue weighted by Crippen LogP contribution is -2.53. The van der Waals surface area contributed by atoms with Gasteiger partial charge in [0.25, 0.3) is 0 Å². The standard InChI is InChI=1S/C27H26N10O2/c1-4-25(38)36-10-9-35(13-18(36)3)22-8-6-20-26(34-22)27(30-14-28-20)33-19-5-7-21(17(2)11-19)39-24-12-23-29-15-32-37(23)16-31-24/h4-8,11-12,14-16,18H,1,9-10,13H2,2-3H3,(H,28,30,33)/t18-/m1/s1. The van der Waals surface area contributed by atoms with Gasteiger partial charge in [-0.15, -0.1) is 0 Å². The zero-order chi connectivity index (χ0) is 26.9. The van der Waals surface area contributed by atoms with E-state index in [4.69, 9.17) is 9.72 Å². The molecule has 12 heteroatoms. The Morgan fingerprint density at radius 1 is 1.10 bits per heavy atom. The van der Waals surface area contributed by atoms with E-state index in [0.717, 1.165) is 22.6 Å². The summed E-state index contributed by atoms with van der Waals surface area (Å²) in [5.41, 5.74) is 3.79. The van der Waals surface area contributed by atoms with Crippen molar-refractivity contribution in [2.75, 3.05) is 29.9 Å². The normalized spacial score (nSPS) is 15.5. The Balaban J connectivity index is 1.22. The molecule has 0 unspecified atom stereocenters. The molecule has 1 saturated heterocycles. The topological polar surface area (TPSA) is 127 Å². The third kappa shape index (κ3) is 4.79. The summed E-state index contributed by atoms with van der Waals surface area (Å²) in [6, 6.07) is 11.4. The van der Waals surface area contributed by atoms with Crippen molar-refractivity contribution in [2.45, 2.75) is 19.9 Å². The van der Waals surface area contributed by atoms with E-state index in [1.54, 1.807) is 16.9 Å². The Bertz CT molecular complexity index is 1700. The van der Waals surface area contributed by atoms with Crippen molar-refractivity contribution in [2.24, 2.45) is 0 Å². The predicted molar refractivity (Wildman–Crippen MR) is 146 cm³/mol. The summed E-state index contributed by atoms with van der Waals surface area (Å²) in [6.07, 6.45) is 5.91. The number of carbonyl (C=O) groups is 1. The van der Waals surface area contributed by atoms with Gasteiger partial charge in [0.05, 0.1) is 5.52 Å². The van der Waals surface area contributed by atoms with Gasteiger partial charge < -0.3 is 19.9 Å². The summed E-state index contributed by atoms with van der Waals surface area (Å²) in [6.45, 7) is 9.56. The summed E-state index contributed by atoms with van der Waals surface area (Å²) in [5.74, 6) is 2.47. The van der Waals surface area contributed by atoms with Gasteiger partial charge in [0, 0.05) is 37.4 Å². The van der Waals surface area contributed by atoms with E-state index >= 15 is 0 Å². The van der Waals surface area contributed by atoms with Crippen LogP contribution in [-0.4, -0.2) is 71.0 Å². The van der Waals surface area contributed by atoms with Crippen LogP contribution in [0, 0.1) is 6.92 Å². The molecule has 0 spiro atoms. The molecular formula is C27H26N10O2. The number of hydrogen-bond acceptors (Lipinski definition) is 10. The van der Waals surface area contributed by atoms with Crippen LogP contribution in [0.2, 0.25) is 0 Å². The SMILES string of the molecule is C=CC(=O)N1CCN(c2ccc3ncnc(Nc4ccc(Oc5cc6ncnn6cn5)c(C)c4)c3n2)C[C@H]1C. The van der Waals surface area contributed by atoms with Gasteiger partial charge in [-0.25, -0.2) is 29.4 Å². The molecule has 0 saturated carbocycles. The van der Waals surface area contributed by atoms with Gasteiger partial charge in [0.2, 0.25) is 11.8 Å². The molecule has 1 aromatic carbocycles. The fraction of sp³-hybridized carbons (Fsp3) is 0.222. The number of amides is 1. The van der Waals surface area contributed by atoms with Gasteiger partial charge in [-0.2, -0.15) is 5.10 Å². The first-order chi connectivity index (χ1) is 19.0. The van der Waals surface area contributed by atoms with Crippen LogP contribution in [0.1, 0.15) is 12.5 Å². The number of benzene rings is 1. The van der Waals surface area contributed by atoms with E-state index in [9.17, 15) is 4.79 Å². The number of aromatic nitrogens is 7. The number of pyridine rings is 1. The Labute approximate surface area is 224 Å². The summed E-state index contributed by atoms with van der Waals surface area (Å²) in [7, 11) is 0. The maximum atomic E-state index is 12.1. The van der Waals surface area contributed by atoms with Crippen molar-refractivity contribution in [3.63, 3.8) is 0 Å². The van der Waals surface area contributed by atoms with Gasteiger partial charge in [0.15, 0.2) is 11.5 Å². The number of ether oxygens (including phenoxy) is 1. The first kappa shape index (κ1) is 24.2. The number of anilines is 3. The number of fused-ring (bicyclic) bond motifs is 2. The minimum atomic E-state index is -0.0483. The van der Waals surface area contributed by atoms with E-state index in [1.807, 2.05) is 49.1 Å². The third-order valence-electron chi connectivity index (χ3n) is 6.68.